The SMILES string of the molecule is COc1cc2cc(OC)c1OCC#CC#CCOc1c(OC)cc(cc1OC)C13CC4CC(C1)CC(C4)(C3)c1cc(OC)c(c(OC)c1)OCC#CC#CCOc1c(OC)cc(cc1OC)C13CC4CC(CC2(C4)C1)C3.ClC(Cl)Cl.ClC(Cl)Cl. The minimum absolute atomic E-state index is 0.0821. The molecular formula is C66H70Cl6O12. The first-order valence-corrected chi connectivity index (χ1v) is 30.5. The summed E-state index contributed by atoms with van der Waals surface area (Å²) in [7, 11) is 13.4. The van der Waals surface area contributed by atoms with Gasteiger partial charge in [-0.25, -0.2) is 0 Å². The second-order valence-corrected chi connectivity index (χ2v) is 26.7. The zero-order valence-electron chi connectivity index (χ0n) is 48.6. The lowest BCUT2D eigenvalue weighted by Crippen LogP contribution is -2.56. The summed E-state index contributed by atoms with van der Waals surface area (Å²) in [6.45, 7) is 0.328. The Morgan fingerprint density at radius 2 is 0.500 bits per heavy atom. The Labute approximate surface area is 524 Å². The van der Waals surface area contributed by atoms with E-state index in [9.17, 15) is 0 Å². The van der Waals surface area contributed by atoms with Crippen LogP contribution in [-0.2, 0) is 21.7 Å². The van der Waals surface area contributed by atoms with Crippen molar-refractivity contribution in [3.63, 3.8) is 0 Å². The molecule has 0 N–H and O–H groups in total. The van der Waals surface area contributed by atoms with Gasteiger partial charge in [0.1, 0.15) is 26.4 Å². The highest BCUT2D eigenvalue weighted by Crippen LogP contribution is 2.69. The highest BCUT2D eigenvalue weighted by atomic mass is 35.6. The van der Waals surface area contributed by atoms with E-state index in [0.717, 1.165) is 64.2 Å². The molecule has 22 rings (SSSR count). The van der Waals surface area contributed by atoms with Gasteiger partial charge in [0.2, 0.25) is 23.0 Å². The van der Waals surface area contributed by atoms with Crippen molar-refractivity contribution in [1.29, 1.82) is 0 Å². The summed E-state index contributed by atoms with van der Waals surface area (Å²) in [6.07, 6.45) is 13.1. The van der Waals surface area contributed by atoms with Gasteiger partial charge in [0.05, 0.1) is 56.9 Å². The van der Waals surface area contributed by atoms with Gasteiger partial charge in [0, 0.05) is 0 Å². The van der Waals surface area contributed by atoms with Crippen molar-refractivity contribution >= 4 is 69.6 Å². The van der Waals surface area contributed by atoms with Gasteiger partial charge in [-0.05, 0) is 241 Å². The van der Waals surface area contributed by atoms with Crippen molar-refractivity contribution in [2.75, 3.05) is 83.3 Å². The zero-order chi connectivity index (χ0) is 59.8. The predicted molar refractivity (Wildman–Crippen MR) is 330 cm³/mol. The van der Waals surface area contributed by atoms with E-state index in [0.29, 0.717) is 92.7 Å². The molecule has 0 saturated heterocycles. The highest BCUT2D eigenvalue weighted by molar-refractivity contribution is 6.63. The second kappa shape index (κ2) is 27.4. The first kappa shape index (κ1) is 63.0. The maximum atomic E-state index is 6.29. The molecule has 0 atom stereocenters. The van der Waals surface area contributed by atoms with Crippen LogP contribution in [0, 0.1) is 71.0 Å². The fraction of sp³-hybridized carbons (Fsp3) is 0.515. The fourth-order valence-corrected chi connectivity index (χ4v) is 15.9. The van der Waals surface area contributed by atoms with E-state index >= 15 is 0 Å². The lowest BCUT2D eigenvalue weighted by atomic mass is 9.41. The molecule has 84 heavy (non-hydrogen) atoms. The van der Waals surface area contributed by atoms with Crippen LogP contribution in [0.15, 0.2) is 48.5 Å². The molecule has 8 fully saturated rings. The topological polar surface area (TPSA) is 111 Å². The second-order valence-electron chi connectivity index (χ2n) is 22.7. The van der Waals surface area contributed by atoms with Crippen molar-refractivity contribution in [3.05, 3.63) is 70.8 Å². The van der Waals surface area contributed by atoms with Gasteiger partial charge in [0.15, 0.2) is 54.6 Å². The fourth-order valence-electron chi connectivity index (χ4n) is 15.9. The van der Waals surface area contributed by atoms with Crippen molar-refractivity contribution in [2.24, 2.45) is 23.7 Å². The maximum absolute atomic E-state index is 6.29. The third-order valence-corrected chi connectivity index (χ3v) is 18.0. The smallest absolute Gasteiger partial charge is 0.204 e. The Morgan fingerprint density at radius 3 is 0.655 bits per heavy atom. The molecule has 18 aliphatic rings. The molecule has 4 aromatic rings. The van der Waals surface area contributed by atoms with E-state index in [4.69, 9.17) is 126 Å². The van der Waals surface area contributed by atoms with Crippen LogP contribution in [0.4, 0.5) is 0 Å². The monoisotopic (exact) mass is 1260 g/mol. The first-order valence-electron chi connectivity index (χ1n) is 27.9. The number of benzene rings is 4. The van der Waals surface area contributed by atoms with Crippen LogP contribution in [0.3, 0.4) is 0 Å². The van der Waals surface area contributed by atoms with Crippen LogP contribution in [0.25, 0.3) is 0 Å². The molecule has 8 saturated carbocycles. The largest absolute Gasteiger partial charge is 0.493 e. The molecule has 10 aliphatic heterocycles. The Kier molecular flexibility index (Phi) is 20.6. The number of hydrogen-bond donors (Lipinski definition) is 0. The summed E-state index contributed by atoms with van der Waals surface area (Å²) >= 11 is 28.8. The quantitative estimate of drug-likeness (QED) is 0.124. The molecule has 10 heterocycles. The minimum atomic E-state index is -0.750. The van der Waals surface area contributed by atoms with Crippen molar-refractivity contribution < 1.29 is 56.8 Å². The Morgan fingerprint density at radius 1 is 0.333 bits per heavy atom. The summed E-state index contributed by atoms with van der Waals surface area (Å²) in [6, 6.07) is 17.2. The molecule has 4 spiro atoms. The average Bonchev–Trinajstić information content (AvgIpc) is 1.09. The molecule has 0 aromatic heterocycles. The number of ether oxygens (including phenoxy) is 12. The lowest BCUT2D eigenvalue weighted by molar-refractivity contribution is -0.0286. The summed E-state index contributed by atoms with van der Waals surface area (Å²) in [4.78, 5) is 0. The molecule has 448 valence electrons. The van der Waals surface area contributed by atoms with Crippen LogP contribution in [-0.4, -0.2) is 91.9 Å². The van der Waals surface area contributed by atoms with Gasteiger partial charge in [-0.15, -0.1) is 0 Å². The van der Waals surface area contributed by atoms with Gasteiger partial charge >= 0.3 is 0 Å². The molecule has 12 nitrogen and oxygen atoms in total. The van der Waals surface area contributed by atoms with Gasteiger partial charge in [-0.3, -0.25) is 0 Å². The number of methoxy groups -OCH3 is 8. The van der Waals surface area contributed by atoms with Crippen LogP contribution < -0.4 is 56.8 Å². The van der Waals surface area contributed by atoms with Gasteiger partial charge in [-0.2, -0.15) is 0 Å². The van der Waals surface area contributed by atoms with Crippen LogP contribution in [0.2, 0.25) is 0 Å². The predicted octanol–water partition coefficient (Wildman–Crippen LogP) is 14.5. The third kappa shape index (κ3) is 13.4. The van der Waals surface area contributed by atoms with Crippen molar-refractivity contribution in [2.45, 2.75) is 107 Å². The molecule has 16 bridgehead atoms. The molecule has 18 heteroatoms. The average molecular weight is 1270 g/mol. The van der Waals surface area contributed by atoms with Crippen LogP contribution >= 0.6 is 69.6 Å². The standard InChI is InChI=1S/C64H68O12.2CHCl3/c1-65-49-23-45-24-50(66-2)57(49)73-17-13-9-10-14-18-74-59-53(69-5)27-47(28-54(59)70-6)63-35-43-22-44(36-63)38-64(37-43,40-63)48-29-55(71-7)60(56(30-48)72-8)76-20-16-12-11-15-19-75-58-51(67-3)25-46(26-52(58)68-4)62-33-41-21-42(34-62)32-61(45,31-41)39-62;2*2-1(3)4/h23-30,41-44H,17-22,31-40H2,1-8H3;2*1H. The molecule has 0 radical (unpaired) electrons. The molecule has 8 aliphatic carbocycles. The summed E-state index contributed by atoms with van der Waals surface area (Å²) < 4.78 is 72.0. The Bertz CT molecular complexity index is 2750. The van der Waals surface area contributed by atoms with Crippen molar-refractivity contribution in [3.8, 4) is 116 Å². The number of halogens is 6. The van der Waals surface area contributed by atoms with E-state index in [-0.39, 0.29) is 48.1 Å². The molecule has 4 aromatic carbocycles. The number of rotatable bonds is 8. The summed E-state index contributed by atoms with van der Waals surface area (Å²) in [5.74, 6) is 33.1. The Balaban J connectivity index is 0.000000996. The maximum Gasteiger partial charge on any atom is 0.204 e. The van der Waals surface area contributed by atoms with E-state index in [1.807, 2.05) is 0 Å². The normalized spacial score (nSPS) is 26.5. The van der Waals surface area contributed by atoms with E-state index in [2.05, 4.69) is 95.9 Å². The van der Waals surface area contributed by atoms with Crippen LogP contribution in [0.5, 0.6) is 69.0 Å². The molecule has 0 unspecified atom stereocenters. The number of alkyl halides is 6. The number of hydrogen-bond acceptors (Lipinski definition) is 12. The molecular weight excluding hydrogens is 1200 g/mol. The summed E-state index contributed by atoms with van der Waals surface area (Å²) in [5, 5.41) is 0. The van der Waals surface area contributed by atoms with E-state index < -0.39 is 8.59 Å². The van der Waals surface area contributed by atoms with E-state index in [1.165, 1.54) is 35.1 Å². The molecule has 0 amide bonds. The van der Waals surface area contributed by atoms with Crippen LogP contribution in [0.1, 0.15) is 99.3 Å². The van der Waals surface area contributed by atoms with Gasteiger partial charge < -0.3 is 56.8 Å². The summed E-state index contributed by atoms with van der Waals surface area (Å²) in [5.41, 5.74) is 4.43. The van der Waals surface area contributed by atoms with Gasteiger partial charge in [0.25, 0.3) is 0 Å². The highest BCUT2D eigenvalue weighted by Gasteiger charge is 2.61. The van der Waals surface area contributed by atoms with E-state index in [1.54, 1.807) is 56.9 Å². The lowest BCUT2D eigenvalue weighted by Gasteiger charge is -2.63. The van der Waals surface area contributed by atoms with Crippen molar-refractivity contribution in [1.82, 2.24) is 0 Å². The third-order valence-electron chi connectivity index (χ3n) is 18.0. The van der Waals surface area contributed by atoms with Gasteiger partial charge in [-0.1, -0.05) is 69.6 Å². The zero-order valence-corrected chi connectivity index (χ0v) is 53.1. The minimum Gasteiger partial charge on any atom is -0.493 e. The first-order chi connectivity index (χ1) is 40.5. The Hall–Kier alpha value is -5.54.